The van der Waals surface area contributed by atoms with Crippen LogP contribution >= 0.6 is 11.6 Å². The fourth-order valence-electron chi connectivity index (χ4n) is 8.11. The summed E-state index contributed by atoms with van der Waals surface area (Å²) in [6, 6.07) is 37.3. The Morgan fingerprint density at radius 3 is 1.83 bits per heavy atom. The second-order valence-corrected chi connectivity index (χ2v) is 14.2. The molecule has 7 rings (SSSR count). The van der Waals surface area contributed by atoms with Crippen molar-refractivity contribution in [1.82, 2.24) is 0 Å². The van der Waals surface area contributed by atoms with Crippen molar-refractivity contribution in [3.8, 4) is 5.75 Å². The van der Waals surface area contributed by atoms with Gasteiger partial charge in [-0.3, -0.25) is 0 Å². The van der Waals surface area contributed by atoms with Crippen molar-refractivity contribution < 1.29 is 37.9 Å². The first kappa shape index (κ1) is 37.2. The molecule has 9 heteroatoms. The van der Waals surface area contributed by atoms with Gasteiger partial charge in [0.05, 0.1) is 50.2 Å². The van der Waals surface area contributed by atoms with Crippen molar-refractivity contribution in [2.24, 2.45) is 5.92 Å². The van der Waals surface area contributed by atoms with Crippen molar-refractivity contribution in [1.29, 1.82) is 0 Å². The van der Waals surface area contributed by atoms with Gasteiger partial charge in [-0.25, -0.2) is 4.39 Å². The van der Waals surface area contributed by atoms with Gasteiger partial charge in [0.1, 0.15) is 12.2 Å². The van der Waals surface area contributed by atoms with Gasteiger partial charge < -0.3 is 29.2 Å². The molecule has 276 valence electrons. The van der Waals surface area contributed by atoms with Crippen LogP contribution in [0.1, 0.15) is 46.7 Å². The zero-order valence-electron chi connectivity index (χ0n) is 29.4. The van der Waals surface area contributed by atoms with E-state index in [0.717, 1.165) is 16.7 Å². The first-order chi connectivity index (χ1) is 25.8. The number of ether oxygens (including phenoxy) is 4. The summed E-state index contributed by atoms with van der Waals surface area (Å²) >= 11 is 6.73. The molecular weight excluding hydrogens is 698 g/mol. The minimum Gasteiger partial charge on any atom is -0.491 e. The molecule has 2 fully saturated rings. The molecule has 5 aromatic carbocycles. The molecule has 2 unspecified atom stereocenters. The van der Waals surface area contributed by atoms with Crippen molar-refractivity contribution in [3.05, 3.63) is 171 Å². The number of aliphatic hydroxyl groups is 2. The van der Waals surface area contributed by atoms with Crippen LogP contribution in [0.25, 0.3) is 0 Å². The van der Waals surface area contributed by atoms with Crippen molar-refractivity contribution >= 4 is 11.6 Å². The zero-order chi connectivity index (χ0) is 37.0. The topological polar surface area (TPSA) is 77.4 Å². The average Bonchev–Trinajstić information content (AvgIpc) is 3.38. The quantitative estimate of drug-likeness (QED) is 0.119. The maximum absolute atomic E-state index is 15.3. The molecule has 2 saturated carbocycles. The SMILES string of the molecule is CCOc1ccc(Cc2cc([C@]34C(O)C[C@@H](C3O)[C@H](OCc3ccccc3)[C@H](OCc3ccccc3)[C@@H]4OCc3ccccc3)ccc2Cl)c(F)c1F. The van der Waals surface area contributed by atoms with Crippen LogP contribution in [0.3, 0.4) is 0 Å². The van der Waals surface area contributed by atoms with E-state index in [1.807, 2.05) is 91.0 Å². The highest BCUT2D eigenvalue weighted by Gasteiger charge is 2.69. The summed E-state index contributed by atoms with van der Waals surface area (Å²) < 4.78 is 55.8. The third-order valence-corrected chi connectivity index (χ3v) is 11.0. The van der Waals surface area contributed by atoms with E-state index < -0.39 is 53.5 Å². The van der Waals surface area contributed by atoms with E-state index in [1.54, 1.807) is 25.1 Å². The number of hydrogen-bond acceptors (Lipinski definition) is 6. The monoisotopic (exact) mass is 740 g/mol. The smallest absolute Gasteiger partial charge is 0.200 e. The number of fused-ring (bicyclic) bond motifs is 2. The first-order valence-electron chi connectivity index (χ1n) is 18.0. The average molecular weight is 741 g/mol. The first-order valence-corrected chi connectivity index (χ1v) is 18.4. The van der Waals surface area contributed by atoms with Gasteiger partial charge in [-0.15, -0.1) is 0 Å². The number of rotatable bonds is 14. The van der Waals surface area contributed by atoms with E-state index in [-0.39, 0.29) is 50.6 Å². The van der Waals surface area contributed by atoms with Gasteiger partial charge >= 0.3 is 0 Å². The summed E-state index contributed by atoms with van der Waals surface area (Å²) in [7, 11) is 0. The fourth-order valence-corrected chi connectivity index (χ4v) is 8.29. The molecule has 0 saturated heterocycles. The summed E-state index contributed by atoms with van der Waals surface area (Å²) in [5.41, 5.74) is 2.56. The molecule has 53 heavy (non-hydrogen) atoms. The summed E-state index contributed by atoms with van der Waals surface area (Å²) in [5, 5.41) is 25.1. The third-order valence-electron chi connectivity index (χ3n) is 10.7. The number of benzene rings is 5. The molecule has 2 aliphatic rings. The Labute approximate surface area is 313 Å². The Morgan fingerprint density at radius 1 is 0.679 bits per heavy atom. The maximum atomic E-state index is 15.3. The summed E-state index contributed by atoms with van der Waals surface area (Å²) in [6.07, 6.45) is -4.32. The number of halogens is 3. The molecule has 6 nitrogen and oxygen atoms in total. The van der Waals surface area contributed by atoms with Gasteiger partial charge in [0.15, 0.2) is 11.6 Å². The van der Waals surface area contributed by atoms with Crippen LogP contribution in [0, 0.1) is 17.6 Å². The van der Waals surface area contributed by atoms with Crippen LogP contribution < -0.4 is 4.74 Å². The van der Waals surface area contributed by atoms with E-state index in [0.29, 0.717) is 16.1 Å². The molecule has 7 atom stereocenters. The minimum atomic E-state index is -1.39. The zero-order valence-corrected chi connectivity index (χ0v) is 30.2. The van der Waals surface area contributed by atoms with Crippen LogP contribution in [0.5, 0.6) is 5.75 Å². The molecule has 0 aromatic heterocycles. The summed E-state index contributed by atoms with van der Waals surface area (Å²) in [6.45, 7) is 2.57. The number of aliphatic hydroxyl groups excluding tert-OH is 2. The van der Waals surface area contributed by atoms with Crippen LogP contribution in [-0.2, 0) is 45.9 Å². The second kappa shape index (κ2) is 16.5. The highest BCUT2D eigenvalue weighted by atomic mass is 35.5. The lowest BCUT2D eigenvalue weighted by molar-refractivity contribution is -0.232. The Kier molecular flexibility index (Phi) is 11.6. The Hall–Kier alpha value is -4.15. The van der Waals surface area contributed by atoms with Crippen molar-refractivity contribution in [2.75, 3.05) is 6.61 Å². The van der Waals surface area contributed by atoms with Crippen LogP contribution in [0.4, 0.5) is 8.78 Å². The van der Waals surface area contributed by atoms with Gasteiger partial charge in [-0.05, 0) is 58.9 Å². The normalized spacial score (nSPS) is 25.0. The lowest BCUT2D eigenvalue weighted by Gasteiger charge is -2.52. The molecule has 0 spiro atoms. The largest absolute Gasteiger partial charge is 0.491 e. The Balaban J connectivity index is 1.31. The highest BCUT2D eigenvalue weighted by molar-refractivity contribution is 6.31. The van der Waals surface area contributed by atoms with Gasteiger partial charge in [0.2, 0.25) is 5.82 Å². The molecule has 2 bridgehead atoms. The predicted molar refractivity (Wildman–Crippen MR) is 199 cm³/mol. The van der Waals surface area contributed by atoms with Crippen molar-refractivity contribution in [3.63, 3.8) is 0 Å². The molecular formula is C44H43ClF2O6. The molecule has 0 heterocycles. The van der Waals surface area contributed by atoms with Crippen molar-refractivity contribution in [2.45, 2.75) is 75.5 Å². The molecule has 5 aromatic rings. The summed E-state index contributed by atoms with van der Waals surface area (Å²) in [5.74, 6) is -2.78. The van der Waals surface area contributed by atoms with Crippen LogP contribution in [0.15, 0.2) is 121 Å². The molecule has 2 aliphatic carbocycles. The summed E-state index contributed by atoms with van der Waals surface area (Å²) in [4.78, 5) is 0. The molecule has 0 amide bonds. The highest BCUT2D eigenvalue weighted by Crippen LogP contribution is 2.56. The Bertz CT molecular complexity index is 1970. The van der Waals surface area contributed by atoms with E-state index in [9.17, 15) is 14.6 Å². The van der Waals surface area contributed by atoms with E-state index >= 15 is 4.39 Å². The fraction of sp³-hybridized carbons (Fsp3) is 0.318. The van der Waals surface area contributed by atoms with E-state index in [4.69, 9.17) is 30.5 Å². The molecule has 0 radical (unpaired) electrons. The lowest BCUT2D eigenvalue weighted by Crippen LogP contribution is -2.66. The Morgan fingerprint density at radius 2 is 1.25 bits per heavy atom. The third kappa shape index (κ3) is 7.49. The van der Waals surface area contributed by atoms with E-state index in [1.165, 1.54) is 12.1 Å². The molecule has 0 aliphatic heterocycles. The maximum Gasteiger partial charge on any atom is 0.200 e. The van der Waals surface area contributed by atoms with Gasteiger partial charge in [0, 0.05) is 17.4 Å². The predicted octanol–water partition coefficient (Wildman–Crippen LogP) is 8.36. The van der Waals surface area contributed by atoms with E-state index in [2.05, 4.69) is 0 Å². The minimum absolute atomic E-state index is 0.0418. The van der Waals surface area contributed by atoms with Gasteiger partial charge in [0.25, 0.3) is 0 Å². The molecule has 2 N–H and O–H groups in total. The van der Waals surface area contributed by atoms with Crippen LogP contribution in [-0.4, -0.2) is 47.3 Å². The van der Waals surface area contributed by atoms with Gasteiger partial charge in [-0.1, -0.05) is 121 Å². The lowest BCUT2D eigenvalue weighted by atomic mass is 9.63. The van der Waals surface area contributed by atoms with Crippen LogP contribution in [0.2, 0.25) is 5.02 Å². The second-order valence-electron chi connectivity index (χ2n) is 13.8. The standard InChI is InChI=1S/C44H43ClF2O6/c1-2-50-36-21-18-31(38(46)39(36)47)22-32-23-33(19-20-35(32)45)44-37(48)24-34(42(44)49)40(51-25-28-12-6-3-7-13-28)41(52-26-29-14-8-4-9-15-29)43(44)53-27-30-16-10-5-11-17-30/h3-21,23,34,37,40-43,48-49H,2,22,24-27H2,1H3/t34-,37?,40+,41+,42?,43+,44+/m1/s1. The number of hydrogen-bond donors (Lipinski definition) is 2. The van der Waals surface area contributed by atoms with Gasteiger partial charge in [-0.2, -0.15) is 4.39 Å².